The summed E-state index contributed by atoms with van der Waals surface area (Å²) in [5.74, 6) is 2.28. The summed E-state index contributed by atoms with van der Waals surface area (Å²) in [7, 11) is 0. The first-order valence-electron chi connectivity index (χ1n) is 13.5. The molecule has 0 amide bonds. The highest BCUT2D eigenvalue weighted by Gasteiger charge is 2.18. The first-order chi connectivity index (χ1) is 19.4. The number of rotatable bonds is 9. The molecule has 40 heavy (non-hydrogen) atoms. The Bertz CT molecular complexity index is 1720. The van der Waals surface area contributed by atoms with Crippen molar-refractivity contribution < 1.29 is 9.47 Å². The van der Waals surface area contributed by atoms with Gasteiger partial charge in [0.1, 0.15) is 18.1 Å². The Labute approximate surface area is 234 Å². The number of ether oxygens (including phenoxy) is 2. The minimum Gasteiger partial charge on any atom is -0.494 e. The summed E-state index contributed by atoms with van der Waals surface area (Å²) < 4.78 is 13.3. The lowest BCUT2D eigenvalue weighted by atomic mass is 9.96. The maximum atomic E-state index is 13.7. The van der Waals surface area contributed by atoms with E-state index >= 15 is 0 Å². The number of benzene rings is 4. The zero-order valence-corrected chi connectivity index (χ0v) is 23.3. The number of nitrogens with zero attached hydrogens (tertiary/aromatic N) is 3. The van der Waals surface area contributed by atoms with Crippen LogP contribution in [0.4, 0.5) is 0 Å². The molecule has 0 unspecified atom stereocenters. The van der Waals surface area contributed by atoms with Crippen LogP contribution in [-0.4, -0.2) is 22.5 Å². The van der Waals surface area contributed by atoms with Gasteiger partial charge in [0.15, 0.2) is 5.82 Å². The van der Waals surface area contributed by atoms with Crippen LogP contribution < -0.4 is 15.0 Å². The second-order valence-corrected chi connectivity index (χ2v) is 9.95. The van der Waals surface area contributed by atoms with Crippen LogP contribution in [0, 0.1) is 6.92 Å². The molecule has 0 N–H and O–H groups in total. The minimum absolute atomic E-state index is 0.226. The molecular weight excluding hydrogens is 498 g/mol. The smallest absolute Gasteiger partial charge is 0.282 e. The Morgan fingerprint density at radius 2 is 1.70 bits per heavy atom. The van der Waals surface area contributed by atoms with Crippen molar-refractivity contribution in [2.24, 2.45) is 5.10 Å². The summed E-state index contributed by atoms with van der Waals surface area (Å²) in [6.07, 6.45) is 1.67. The molecule has 0 atom stereocenters. The predicted octanol–water partition coefficient (Wildman–Crippen LogP) is 7.36. The Kier molecular flexibility index (Phi) is 8.06. The van der Waals surface area contributed by atoms with E-state index in [-0.39, 0.29) is 11.5 Å². The van der Waals surface area contributed by atoms with E-state index in [0.29, 0.717) is 29.9 Å². The summed E-state index contributed by atoms with van der Waals surface area (Å²) in [5.41, 5.74) is 5.15. The van der Waals surface area contributed by atoms with E-state index in [2.05, 4.69) is 25.0 Å². The largest absolute Gasteiger partial charge is 0.494 e. The fourth-order valence-electron chi connectivity index (χ4n) is 4.63. The van der Waals surface area contributed by atoms with Crippen molar-refractivity contribution in [2.45, 2.75) is 40.2 Å². The quantitative estimate of drug-likeness (QED) is 0.187. The summed E-state index contributed by atoms with van der Waals surface area (Å²) in [6, 6.07) is 29.1. The molecule has 0 spiro atoms. The molecule has 6 heteroatoms. The lowest BCUT2D eigenvalue weighted by molar-refractivity contribution is 0.306. The summed E-state index contributed by atoms with van der Waals surface area (Å²) in [4.78, 5) is 18.6. The Morgan fingerprint density at radius 3 is 2.48 bits per heavy atom. The highest BCUT2D eigenvalue weighted by Crippen LogP contribution is 2.34. The van der Waals surface area contributed by atoms with E-state index in [9.17, 15) is 4.79 Å². The molecule has 6 nitrogen and oxygen atoms in total. The van der Waals surface area contributed by atoms with Gasteiger partial charge in [0, 0.05) is 5.56 Å². The van der Waals surface area contributed by atoms with Crippen LogP contribution in [0.1, 0.15) is 48.9 Å². The van der Waals surface area contributed by atoms with Gasteiger partial charge in [0.25, 0.3) is 5.56 Å². The van der Waals surface area contributed by atoms with Gasteiger partial charge in [-0.1, -0.05) is 68.4 Å². The van der Waals surface area contributed by atoms with E-state index in [1.165, 1.54) is 4.68 Å². The van der Waals surface area contributed by atoms with E-state index in [1.807, 2.05) is 92.7 Å². The molecule has 0 saturated heterocycles. The van der Waals surface area contributed by atoms with Gasteiger partial charge in [0.2, 0.25) is 0 Å². The Hall–Kier alpha value is -4.71. The molecule has 0 aliphatic carbocycles. The minimum atomic E-state index is -0.229. The normalized spacial score (nSPS) is 11.4. The van der Waals surface area contributed by atoms with Gasteiger partial charge >= 0.3 is 0 Å². The van der Waals surface area contributed by atoms with Gasteiger partial charge in [-0.3, -0.25) is 4.79 Å². The summed E-state index contributed by atoms with van der Waals surface area (Å²) in [6.45, 7) is 9.29. The summed E-state index contributed by atoms with van der Waals surface area (Å²) >= 11 is 0. The van der Waals surface area contributed by atoms with Crippen molar-refractivity contribution in [1.82, 2.24) is 9.66 Å². The topological polar surface area (TPSA) is 65.7 Å². The third-order valence-corrected chi connectivity index (χ3v) is 6.70. The van der Waals surface area contributed by atoms with Crippen molar-refractivity contribution in [2.75, 3.05) is 6.61 Å². The fraction of sp³-hybridized carbons (Fsp3) is 0.206. The average molecular weight is 532 g/mol. The Balaban J connectivity index is 1.57. The molecule has 1 heterocycles. The number of fused-ring (bicyclic) bond motifs is 1. The molecule has 0 radical (unpaired) electrons. The molecule has 5 rings (SSSR count). The van der Waals surface area contributed by atoms with E-state index < -0.39 is 0 Å². The van der Waals surface area contributed by atoms with Crippen LogP contribution in [0.15, 0.2) is 101 Å². The third kappa shape index (κ3) is 5.81. The van der Waals surface area contributed by atoms with Crippen LogP contribution in [0.2, 0.25) is 0 Å². The van der Waals surface area contributed by atoms with Gasteiger partial charge < -0.3 is 9.47 Å². The molecule has 0 bridgehead atoms. The number of hydrogen-bond acceptors (Lipinski definition) is 5. The molecule has 0 fully saturated rings. The van der Waals surface area contributed by atoms with Crippen molar-refractivity contribution >= 4 is 17.1 Å². The van der Waals surface area contributed by atoms with Crippen LogP contribution in [0.5, 0.6) is 11.5 Å². The van der Waals surface area contributed by atoms with Crippen molar-refractivity contribution in [3.8, 4) is 22.9 Å². The SMILES string of the molecule is CCOc1cc(C)c(-c2nc3ccccc3c(=O)n2N=Cc2cccc(OCc3ccccc3)c2)cc1C(C)C. The van der Waals surface area contributed by atoms with Gasteiger partial charge in [-0.05, 0) is 78.4 Å². The molecule has 0 aliphatic heterocycles. The molecule has 1 aromatic heterocycles. The van der Waals surface area contributed by atoms with E-state index in [0.717, 1.165) is 39.3 Å². The molecule has 5 aromatic rings. The van der Waals surface area contributed by atoms with Gasteiger partial charge in [-0.25, -0.2) is 4.98 Å². The number of aromatic nitrogens is 2. The van der Waals surface area contributed by atoms with Crippen molar-refractivity contribution in [1.29, 1.82) is 0 Å². The molecular formula is C34H33N3O3. The molecule has 0 saturated carbocycles. The zero-order chi connectivity index (χ0) is 28.1. The van der Waals surface area contributed by atoms with Crippen molar-refractivity contribution in [3.05, 3.63) is 124 Å². The third-order valence-electron chi connectivity index (χ3n) is 6.70. The standard InChI is InChI=1S/C34H33N3O3/c1-5-39-32-18-24(4)30(20-29(32)23(2)3)33-36-31-17-10-9-16-28(31)34(38)37(33)35-21-26-14-11-15-27(19-26)40-22-25-12-7-6-8-13-25/h6-21,23H,5,22H2,1-4H3. The van der Waals surface area contributed by atoms with Gasteiger partial charge in [0.05, 0.1) is 23.7 Å². The second-order valence-electron chi connectivity index (χ2n) is 9.95. The van der Waals surface area contributed by atoms with Gasteiger partial charge in [-0.2, -0.15) is 9.78 Å². The van der Waals surface area contributed by atoms with E-state index in [1.54, 1.807) is 12.3 Å². The van der Waals surface area contributed by atoms with Crippen LogP contribution in [0.25, 0.3) is 22.3 Å². The first-order valence-corrected chi connectivity index (χ1v) is 13.5. The van der Waals surface area contributed by atoms with Crippen LogP contribution in [0.3, 0.4) is 0 Å². The monoisotopic (exact) mass is 531 g/mol. The highest BCUT2D eigenvalue weighted by atomic mass is 16.5. The lowest BCUT2D eigenvalue weighted by Crippen LogP contribution is -2.20. The number of aryl methyl sites for hydroxylation is 1. The number of hydrogen-bond donors (Lipinski definition) is 0. The lowest BCUT2D eigenvalue weighted by Gasteiger charge is -2.18. The molecule has 0 aliphatic rings. The average Bonchev–Trinajstić information content (AvgIpc) is 2.96. The number of para-hydroxylation sites is 1. The maximum Gasteiger partial charge on any atom is 0.282 e. The van der Waals surface area contributed by atoms with Crippen LogP contribution >= 0.6 is 0 Å². The summed E-state index contributed by atoms with van der Waals surface area (Å²) in [5, 5.41) is 5.18. The molecule has 202 valence electrons. The van der Waals surface area contributed by atoms with Gasteiger partial charge in [-0.15, -0.1) is 0 Å². The first kappa shape index (κ1) is 26.9. The predicted molar refractivity (Wildman–Crippen MR) is 162 cm³/mol. The van der Waals surface area contributed by atoms with Crippen LogP contribution in [-0.2, 0) is 6.61 Å². The van der Waals surface area contributed by atoms with Crippen molar-refractivity contribution in [3.63, 3.8) is 0 Å². The molecule has 4 aromatic carbocycles. The fourth-order valence-corrected chi connectivity index (χ4v) is 4.63. The zero-order valence-electron chi connectivity index (χ0n) is 23.3. The second kappa shape index (κ2) is 12.0. The maximum absolute atomic E-state index is 13.7. The highest BCUT2D eigenvalue weighted by molar-refractivity contribution is 5.82. The van der Waals surface area contributed by atoms with E-state index in [4.69, 9.17) is 14.5 Å². The Morgan fingerprint density at radius 1 is 0.925 bits per heavy atom.